The lowest BCUT2D eigenvalue weighted by molar-refractivity contribution is 0.277. The number of anilines is 1. The van der Waals surface area contributed by atoms with Crippen molar-refractivity contribution in [2.24, 2.45) is 0 Å². The van der Waals surface area contributed by atoms with E-state index in [9.17, 15) is 0 Å². The molecule has 0 amide bonds. The molecule has 0 aliphatic rings. The first-order chi connectivity index (χ1) is 7.19. The number of aliphatic hydroxyl groups excluding tert-OH is 1. The first-order valence-corrected chi connectivity index (χ1v) is 6.37. The van der Waals surface area contributed by atoms with Gasteiger partial charge in [0.2, 0.25) is 0 Å². The van der Waals surface area contributed by atoms with E-state index in [4.69, 9.17) is 5.11 Å². The minimum absolute atomic E-state index is 0.00140. The molecule has 0 radical (unpaired) electrons. The minimum atomic E-state index is -0.00140. The van der Waals surface area contributed by atoms with Crippen LogP contribution in [0.15, 0.2) is 18.2 Å². The zero-order chi connectivity index (χ0) is 11.3. The molecule has 3 nitrogen and oxygen atoms in total. The van der Waals surface area contributed by atoms with E-state index < -0.39 is 0 Å². The highest BCUT2D eigenvalue weighted by Crippen LogP contribution is 2.14. The molecule has 84 valence electrons. The van der Waals surface area contributed by atoms with E-state index in [-0.39, 0.29) is 6.61 Å². The van der Waals surface area contributed by atoms with Gasteiger partial charge >= 0.3 is 0 Å². The van der Waals surface area contributed by atoms with E-state index in [0.717, 1.165) is 17.3 Å². The van der Waals surface area contributed by atoms with Crippen LogP contribution >= 0.6 is 11.8 Å². The number of thioether (sulfide) groups is 1. The van der Waals surface area contributed by atoms with Gasteiger partial charge < -0.3 is 10.0 Å². The molecular formula is C11H18N2OS. The van der Waals surface area contributed by atoms with Crippen molar-refractivity contribution < 1.29 is 5.11 Å². The van der Waals surface area contributed by atoms with Gasteiger partial charge in [-0.15, -0.1) is 0 Å². The van der Waals surface area contributed by atoms with Gasteiger partial charge in [0.15, 0.2) is 0 Å². The number of nitrogens with zero attached hydrogens (tertiary/aromatic N) is 2. The van der Waals surface area contributed by atoms with E-state index in [1.807, 2.05) is 37.0 Å². The van der Waals surface area contributed by atoms with Crippen molar-refractivity contribution in [1.29, 1.82) is 0 Å². The third-order valence-electron chi connectivity index (χ3n) is 2.38. The number of aromatic nitrogens is 1. The van der Waals surface area contributed by atoms with Crippen LogP contribution in [-0.2, 0) is 6.61 Å². The lowest BCUT2D eigenvalue weighted by Gasteiger charge is -2.25. The van der Waals surface area contributed by atoms with E-state index in [1.54, 1.807) is 0 Å². The molecule has 1 atom stereocenters. The van der Waals surface area contributed by atoms with Crippen LogP contribution in [0.3, 0.4) is 0 Å². The Morgan fingerprint density at radius 1 is 1.53 bits per heavy atom. The molecule has 4 heteroatoms. The predicted molar refractivity (Wildman–Crippen MR) is 66.4 cm³/mol. The van der Waals surface area contributed by atoms with Gasteiger partial charge in [-0.1, -0.05) is 6.07 Å². The fourth-order valence-corrected chi connectivity index (χ4v) is 2.04. The quantitative estimate of drug-likeness (QED) is 0.830. The lowest BCUT2D eigenvalue weighted by Crippen LogP contribution is -2.31. The minimum Gasteiger partial charge on any atom is -0.390 e. The maximum Gasteiger partial charge on any atom is 0.128 e. The molecule has 0 aliphatic heterocycles. The smallest absolute Gasteiger partial charge is 0.128 e. The van der Waals surface area contributed by atoms with Gasteiger partial charge in [0.1, 0.15) is 5.82 Å². The second-order valence-corrected chi connectivity index (χ2v) is 4.47. The number of hydrogen-bond acceptors (Lipinski definition) is 4. The van der Waals surface area contributed by atoms with Gasteiger partial charge in [-0.25, -0.2) is 4.98 Å². The third kappa shape index (κ3) is 3.39. The zero-order valence-electron chi connectivity index (χ0n) is 9.47. The number of hydrogen-bond donors (Lipinski definition) is 1. The van der Waals surface area contributed by atoms with Gasteiger partial charge in [-0.2, -0.15) is 11.8 Å². The third-order valence-corrected chi connectivity index (χ3v) is 3.20. The van der Waals surface area contributed by atoms with Crippen LogP contribution in [0.2, 0.25) is 0 Å². The fraction of sp³-hybridized carbons (Fsp3) is 0.545. The summed E-state index contributed by atoms with van der Waals surface area (Å²) in [4.78, 5) is 6.50. The lowest BCUT2D eigenvalue weighted by atomic mass is 10.3. The Hall–Kier alpha value is -0.740. The summed E-state index contributed by atoms with van der Waals surface area (Å²) in [5.74, 6) is 1.99. The van der Waals surface area contributed by atoms with Crippen molar-refractivity contribution in [3.05, 3.63) is 23.9 Å². The molecule has 0 spiro atoms. The van der Waals surface area contributed by atoms with Crippen molar-refractivity contribution in [2.45, 2.75) is 19.6 Å². The maximum atomic E-state index is 9.00. The average Bonchev–Trinajstić information content (AvgIpc) is 2.28. The summed E-state index contributed by atoms with van der Waals surface area (Å²) in [5.41, 5.74) is 0.718. The van der Waals surface area contributed by atoms with Crippen molar-refractivity contribution in [3.63, 3.8) is 0 Å². The van der Waals surface area contributed by atoms with Gasteiger partial charge in [-0.05, 0) is 25.3 Å². The highest BCUT2D eigenvalue weighted by Gasteiger charge is 2.10. The normalized spacial score (nSPS) is 12.5. The van der Waals surface area contributed by atoms with Crippen LogP contribution in [0.4, 0.5) is 5.82 Å². The van der Waals surface area contributed by atoms with Gasteiger partial charge in [0.05, 0.1) is 12.3 Å². The molecule has 1 heterocycles. The van der Waals surface area contributed by atoms with Crippen LogP contribution in [0.1, 0.15) is 12.6 Å². The monoisotopic (exact) mass is 226 g/mol. The molecule has 1 rings (SSSR count). The van der Waals surface area contributed by atoms with Crippen LogP contribution < -0.4 is 4.90 Å². The van der Waals surface area contributed by atoms with Crippen molar-refractivity contribution in [2.75, 3.05) is 24.0 Å². The highest BCUT2D eigenvalue weighted by molar-refractivity contribution is 7.98. The molecule has 1 unspecified atom stereocenters. The topological polar surface area (TPSA) is 36.4 Å². The van der Waals surface area contributed by atoms with Crippen LogP contribution in [0.25, 0.3) is 0 Å². The summed E-state index contributed by atoms with van der Waals surface area (Å²) < 4.78 is 0. The Kier molecular flexibility index (Phi) is 4.91. The summed E-state index contributed by atoms with van der Waals surface area (Å²) in [6.45, 7) is 2.17. The molecule has 0 aromatic carbocycles. The molecule has 0 bridgehead atoms. The van der Waals surface area contributed by atoms with Crippen molar-refractivity contribution in [3.8, 4) is 0 Å². The standard InChI is InChI=1S/C11H18N2OS/c1-9(8-15-3)13(2)11-6-4-5-10(7-14)12-11/h4-6,9,14H,7-8H2,1-3H3. The molecule has 1 N–H and O–H groups in total. The second-order valence-electron chi connectivity index (χ2n) is 3.56. The molecular weight excluding hydrogens is 208 g/mol. The summed E-state index contributed by atoms with van der Waals surface area (Å²) in [6, 6.07) is 6.17. The van der Waals surface area contributed by atoms with E-state index in [0.29, 0.717) is 6.04 Å². The first kappa shape index (κ1) is 12.3. The van der Waals surface area contributed by atoms with Crippen molar-refractivity contribution >= 4 is 17.6 Å². The second kappa shape index (κ2) is 5.98. The molecule has 1 aromatic heterocycles. The van der Waals surface area contributed by atoms with Crippen LogP contribution in [0, 0.1) is 0 Å². The Labute approximate surface area is 95.5 Å². The van der Waals surface area contributed by atoms with Crippen LogP contribution in [-0.4, -0.2) is 35.2 Å². The molecule has 0 aliphatic carbocycles. The Morgan fingerprint density at radius 2 is 2.27 bits per heavy atom. The van der Waals surface area contributed by atoms with E-state index >= 15 is 0 Å². The summed E-state index contributed by atoms with van der Waals surface area (Å²) in [5, 5.41) is 9.00. The van der Waals surface area contributed by atoms with Gasteiger partial charge in [-0.3, -0.25) is 0 Å². The Balaban J connectivity index is 2.76. The van der Waals surface area contributed by atoms with Gasteiger partial charge in [0, 0.05) is 18.8 Å². The van der Waals surface area contributed by atoms with E-state index in [1.165, 1.54) is 0 Å². The molecule has 1 aromatic rings. The summed E-state index contributed by atoms with van der Waals surface area (Å²) in [6.07, 6.45) is 2.10. The number of rotatable bonds is 5. The highest BCUT2D eigenvalue weighted by atomic mass is 32.2. The zero-order valence-corrected chi connectivity index (χ0v) is 10.3. The average molecular weight is 226 g/mol. The Bertz CT molecular complexity index is 306. The van der Waals surface area contributed by atoms with Crippen LogP contribution in [0.5, 0.6) is 0 Å². The summed E-state index contributed by atoms with van der Waals surface area (Å²) in [7, 11) is 2.03. The number of pyridine rings is 1. The first-order valence-electron chi connectivity index (χ1n) is 4.97. The number of aliphatic hydroxyl groups is 1. The Morgan fingerprint density at radius 3 is 2.87 bits per heavy atom. The van der Waals surface area contributed by atoms with Gasteiger partial charge in [0.25, 0.3) is 0 Å². The predicted octanol–water partition coefficient (Wildman–Crippen LogP) is 1.76. The fourth-order valence-electron chi connectivity index (χ4n) is 1.33. The van der Waals surface area contributed by atoms with Crippen molar-refractivity contribution in [1.82, 2.24) is 4.98 Å². The molecule has 0 fully saturated rings. The molecule has 0 saturated heterocycles. The van der Waals surface area contributed by atoms with E-state index in [2.05, 4.69) is 23.1 Å². The summed E-state index contributed by atoms with van der Waals surface area (Å²) >= 11 is 1.82. The molecule has 0 saturated carbocycles. The largest absolute Gasteiger partial charge is 0.390 e. The maximum absolute atomic E-state index is 9.00. The molecule has 15 heavy (non-hydrogen) atoms. The SMILES string of the molecule is CSCC(C)N(C)c1cccc(CO)n1.